The number of likely N-dealkylation sites (N-methyl/N-ethyl adjacent to an activating group) is 2. The van der Waals surface area contributed by atoms with Crippen LogP contribution in [0, 0.1) is 5.92 Å². The molecule has 13 heavy (non-hydrogen) atoms. The van der Waals surface area contributed by atoms with E-state index in [4.69, 9.17) is 0 Å². The summed E-state index contributed by atoms with van der Waals surface area (Å²) in [4.78, 5) is 4.97. The summed E-state index contributed by atoms with van der Waals surface area (Å²) in [5.41, 5.74) is 0. The first-order valence-electron chi connectivity index (χ1n) is 5.48. The molecular weight excluding hydrogens is 160 g/mol. The van der Waals surface area contributed by atoms with Gasteiger partial charge in [0.05, 0.1) is 0 Å². The van der Waals surface area contributed by atoms with Gasteiger partial charge in [-0.3, -0.25) is 0 Å². The van der Waals surface area contributed by atoms with E-state index < -0.39 is 0 Å². The summed E-state index contributed by atoms with van der Waals surface area (Å²) in [6.07, 6.45) is 2.77. The van der Waals surface area contributed by atoms with Gasteiger partial charge in [0.15, 0.2) is 0 Å². The van der Waals surface area contributed by atoms with Crippen LogP contribution >= 0.6 is 0 Å². The fourth-order valence-electron chi connectivity index (χ4n) is 2.27. The maximum atomic E-state index is 2.50. The molecule has 0 aromatic heterocycles. The number of hydrogen-bond donors (Lipinski definition) is 0. The van der Waals surface area contributed by atoms with E-state index in [1.54, 1.807) is 0 Å². The molecule has 1 heterocycles. The van der Waals surface area contributed by atoms with Gasteiger partial charge in [-0.1, -0.05) is 13.8 Å². The molecule has 0 amide bonds. The van der Waals surface area contributed by atoms with Crippen LogP contribution in [0.25, 0.3) is 0 Å². The lowest BCUT2D eigenvalue weighted by Gasteiger charge is -2.26. The Hall–Kier alpha value is -0.0800. The van der Waals surface area contributed by atoms with E-state index >= 15 is 0 Å². The predicted octanol–water partition coefficient (Wildman–Crippen LogP) is 1.67. The largest absolute Gasteiger partial charge is 0.305 e. The first-order valence-corrected chi connectivity index (χ1v) is 5.48. The number of rotatable bonds is 4. The van der Waals surface area contributed by atoms with Crippen molar-refractivity contribution in [2.75, 3.05) is 33.7 Å². The smallest absolute Gasteiger partial charge is 0.0220 e. The minimum atomic E-state index is 0.789. The normalized spacial score (nSPS) is 24.9. The van der Waals surface area contributed by atoms with E-state index in [1.165, 1.54) is 32.5 Å². The Labute approximate surface area is 82.9 Å². The number of nitrogens with zero attached hydrogens (tertiary/aromatic N) is 2. The van der Waals surface area contributed by atoms with Crippen molar-refractivity contribution in [1.82, 2.24) is 9.80 Å². The quantitative estimate of drug-likeness (QED) is 0.656. The molecule has 2 nitrogen and oxygen atoms in total. The second-order valence-electron chi connectivity index (χ2n) is 4.89. The minimum Gasteiger partial charge on any atom is -0.305 e. The highest BCUT2D eigenvalue weighted by Gasteiger charge is 2.21. The van der Waals surface area contributed by atoms with Gasteiger partial charge in [0.2, 0.25) is 0 Å². The SMILES string of the molecule is CC(C)CN(C)C[C@H]1CCCN1C. The Kier molecular flexibility index (Phi) is 4.20. The molecule has 0 unspecified atom stereocenters. The standard InChI is InChI=1S/C11H24N2/c1-10(2)8-12(3)9-11-6-5-7-13(11)4/h10-11H,5-9H2,1-4H3/t11-/m1/s1. The summed E-state index contributed by atoms with van der Waals surface area (Å²) in [6, 6.07) is 0.809. The molecule has 0 aliphatic carbocycles. The second-order valence-corrected chi connectivity index (χ2v) is 4.89. The van der Waals surface area contributed by atoms with Crippen molar-refractivity contribution < 1.29 is 0 Å². The van der Waals surface area contributed by atoms with Gasteiger partial charge < -0.3 is 9.80 Å². The summed E-state index contributed by atoms with van der Waals surface area (Å²) >= 11 is 0. The molecular formula is C11H24N2. The lowest BCUT2D eigenvalue weighted by Crippen LogP contribution is -2.37. The van der Waals surface area contributed by atoms with Crippen molar-refractivity contribution in [2.45, 2.75) is 32.7 Å². The molecule has 1 atom stereocenters. The Morgan fingerprint density at radius 3 is 2.62 bits per heavy atom. The zero-order valence-corrected chi connectivity index (χ0v) is 9.58. The predicted molar refractivity (Wildman–Crippen MR) is 58.0 cm³/mol. The first-order chi connectivity index (χ1) is 6.09. The van der Waals surface area contributed by atoms with Gasteiger partial charge in [0, 0.05) is 19.1 Å². The van der Waals surface area contributed by atoms with Crippen LogP contribution in [0.15, 0.2) is 0 Å². The van der Waals surface area contributed by atoms with Gasteiger partial charge >= 0.3 is 0 Å². The molecule has 1 aliphatic rings. The van der Waals surface area contributed by atoms with Crippen LogP contribution in [0.4, 0.5) is 0 Å². The zero-order valence-electron chi connectivity index (χ0n) is 9.58. The fourth-order valence-corrected chi connectivity index (χ4v) is 2.27. The lowest BCUT2D eigenvalue weighted by molar-refractivity contribution is 0.206. The maximum Gasteiger partial charge on any atom is 0.0220 e. The molecule has 0 saturated carbocycles. The molecule has 2 heteroatoms. The van der Waals surface area contributed by atoms with E-state index in [0.29, 0.717) is 0 Å². The molecule has 1 rings (SSSR count). The first kappa shape index (κ1) is 11.0. The highest BCUT2D eigenvalue weighted by atomic mass is 15.2. The minimum absolute atomic E-state index is 0.789. The van der Waals surface area contributed by atoms with E-state index in [1.807, 2.05) is 0 Å². The zero-order chi connectivity index (χ0) is 9.84. The van der Waals surface area contributed by atoms with E-state index in [9.17, 15) is 0 Å². The monoisotopic (exact) mass is 184 g/mol. The van der Waals surface area contributed by atoms with Crippen LogP contribution in [-0.4, -0.2) is 49.6 Å². The summed E-state index contributed by atoms with van der Waals surface area (Å²) in [5.74, 6) is 0.789. The van der Waals surface area contributed by atoms with Crippen LogP contribution in [0.3, 0.4) is 0 Å². The van der Waals surface area contributed by atoms with Gasteiger partial charge in [-0.2, -0.15) is 0 Å². The Bertz CT molecular complexity index is 145. The summed E-state index contributed by atoms with van der Waals surface area (Å²) < 4.78 is 0. The Balaban J connectivity index is 2.22. The van der Waals surface area contributed by atoms with Gasteiger partial charge in [-0.25, -0.2) is 0 Å². The average Bonchev–Trinajstić information content (AvgIpc) is 2.34. The van der Waals surface area contributed by atoms with Crippen molar-refractivity contribution in [3.05, 3.63) is 0 Å². The van der Waals surface area contributed by atoms with E-state index in [-0.39, 0.29) is 0 Å². The highest BCUT2D eigenvalue weighted by Crippen LogP contribution is 2.15. The van der Waals surface area contributed by atoms with Crippen molar-refractivity contribution in [3.8, 4) is 0 Å². The third-order valence-corrected chi connectivity index (χ3v) is 2.87. The molecule has 0 bridgehead atoms. The van der Waals surface area contributed by atoms with Gasteiger partial charge in [0.25, 0.3) is 0 Å². The van der Waals surface area contributed by atoms with Gasteiger partial charge in [-0.15, -0.1) is 0 Å². The van der Waals surface area contributed by atoms with Crippen LogP contribution in [0.2, 0.25) is 0 Å². The highest BCUT2D eigenvalue weighted by molar-refractivity contribution is 4.78. The molecule has 0 aromatic rings. The Morgan fingerprint density at radius 2 is 2.15 bits per heavy atom. The van der Waals surface area contributed by atoms with Crippen LogP contribution in [0.5, 0.6) is 0 Å². The molecule has 1 fully saturated rings. The second kappa shape index (κ2) is 4.97. The topological polar surface area (TPSA) is 6.48 Å². The van der Waals surface area contributed by atoms with Gasteiger partial charge in [-0.05, 0) is 39.4 Å². The summed E-state index contributed by atoms with van der Waals surface area (Å²) in [7, 11) is 4.49. The van der Waals surface area contributed by atoms with Crippen LogP contribution < -0.4 is 0 Å². The van der Waals surface area contributed by atoms with Crippen molar-refractivity contribution in [2.24, 2.45) is 5.92 Å². The van der Waals surface area contributed by atoms with Crippen molar-refractivity contribution in [3.63, 3.8) is 0 Å². The third kappa shape index (κ3) is 3.65. The summed E-state index contributed by atoms with van der Waals surface area (Å²) in [6.45, 7) is 8.34. The molecule has 78 valence electrons. The molecule has 0 radical (unpaired) electrons. The van der Waals surface area contributed by atoms with Crippen molar-refractivity contribution >= 4 is 0 Å². The van der Waals surface area contributed by atoms with Crippen LogP contribution in [0.1, 0.15) is 26.7 Å². The molecule has 0 N–H and O–H groups in total. The molecule has 0 spiro atoms. The fraction of sp³-hybridized carbons (Fsp3) is 1.00. The Morgan fingerprint density at radius 1 is 1.46 bits per heavy atom. The van der Waals surface area contributed by atoms with E-state index in [0.717, 1.165) is 12.0 Å². The van der Waals surface area contributed by atoms with Gasteiger partial charge in [0.1, 0.15) is 0 Å². The molecule has 0 aromatic carbocycles. The van der Waals surface area contributed by atoms with E-state index in [2.05, 4.69) is 37.7 Å². The maximum absolute atomic E-state index is 2.50. The average molecular weight is 184 g/mol. The van der Waals surface area contributed by atoms with Crippen molar-refractivity contribution in [1.29, 1.82) is 0 Å². The lowest BCUT2D eigenvalue weighted by atomic mass is 10.1. The molecule has 1 aliphatic heterocycles. The number of likely N-dealkylation sites (tertiary alicyclic amines) is 1. The molecule has 1 saturated heterocycles. The summed E-state index contributed by atoms with van der Waals surface area (Å²) in [5, 5.41) is 0. The number of hydrogen-bond acceptors (Lipinski definition) is 2. The van der Waals surface area contributed by atoms with Crippen LogP contribution in [-0.2, 0) is 0 Å². The third-order valence-electron chi connectivity index (χ3n) is 2.87.